The number of ether oxygens (including phenoxy) is 2. The molecule has 0 aromatic carbocycles. The quantitative estimate of drug-likeness (QED) is 0.608. The Morgan fingerprint density at radius 2 is 1.88 bits per heavy atom. The van der Waals surface area contributed by atoms with E-state index in [1.54, 1.807) is 7.11 Å². The van der Waals surface area contributed by atoms with Crippen LogP contribution in [0, 0.1) is 28.6 Å². The number of esters is 1. The van der Waals surface area contributed by atoms with Gasteiger partial charge in [0, 0.05) is 18.3 Å². The summed E-state index contributed by atoms with van der Waals surface area (Å²) in [6, 6.07) is 0. The molecule has 5 aliphatic rings. The Bertz CT molecular complexity index is 706. The van der Waals surface area contributed by atoms with Crippen molar-refractivity contribution in [2.45, 2.75) is 77.2 Å². The molecular weight excluding hydrogens is 324 g/mol. The Labute approximate surface area is 157 Å². The first-order valence-corrected chi connectivity index (χ1v) is 10.6. The number of methoxy groups -OCH3 is 1. The van der Waals surface area contributed by atoms with Crippen LogP contribution in [0.5, 0.6) is 0 Å². The first-order valence-electron chi connectivity index (χ1n) is 10.6. The van der Waals surface area contributed by atoms with Gasteiger partial charge in [0.2, 0.25) is 0 Å². The molecule has 0 N–H and O–H groups in total. The molecule has 1 saturated heterocycles. The Kier molecular flexibility index (Phi) is 3.50. The Morgan fingerprint density at radius 3 is 2.62 bits per heavy atom. The van der Waals surface area contributed by atoms with Gasteiger partial charge in [0.1, 0.15) is 5.60 Å². The van der Waals surface area contributed by atoms with Crippen LogP contribution in [-0.4, -0.2) is 18.7 Å². The lowest BCUT2D eigenvalue weighted by molar-refractivity contribution is -0.167. The van der Waals surface area contributed by atoms with Crippen LogP contribution in [0.25, 0.3) is 0 Å². The van der Waals surface area contributed by atoms with E-state index in [1.807, 2.05) is 0 Å². The molecule has 0 amide bonds. The maximum atomic E-state index is 12.0. The van der Waals surface area contributed by atoms with Crippen molar-refractivity contribution in [1.82, 2.24) is 0 Å². The molecule has 0 radical (unpaired) electrons. The van der Waals surface area contributed by atoms with Gasteiger partial charge in [-0.25, -0.2) is 0 Å². The molecule has 1 aliphatic heterocycles. The summed E-state index contributed by atoms with van der Waals surface area (Å²) < 4.78 is 11.6. The number of hydrogen-bond donors (Lipinski definition) is 0. The highest BCUT2D eigenvalue weighted by molar-refractivity contribution is 5.72. The molecule has 0 bridgehead atoms. The summed E-state index contributed by atoms with van der Waals surface area (Å²) in [6.45, 7) is 4.95. The lowest BCUT2D eigenvalue weighted by atomic mass is 9.47. The molecule has 1 heterocycles. The standard InChI is InChI=1S/C23H32O3/c1-21-10-6-16(25-3)14-15(21)4-5-17-18(21)7-11-22(2)19(17)8-12-23(22)13-9-20(24)26-23/h4,14,17-19H,5-13H2,1-3H3/t17-,18+,19-,21-,22-,23-/m1/s1. The highest BCUT2D eigenvalue weighted by Crippen LogP contribution is 2.69. The van der Waals surface area contributed by atoms with Gasteiger partial charge < -0.3 is 9.47 Å². The molecule has 3 nitrogen and oxygen atoms in total. The first-order chi connectivity index (χ1) is 12.4. The van der Waals surface area contributed by atoms with Gasteiger partial charge >= 0.3 is 5.97 Å². The molecule has 3 fully saturated rings. The van der Waals surface area contributed by atoms with Gasteiger partial charge in [0.15, 0.2) is 0 Å². The first kappa shape index (κ1) is 16.9. The van der Waals surface area contributed by atoms with E-state index in [1.165, 1.54) is 37.7 Å². The van der Waals surface area contributed by atoms with E-state index in [0.29, 0.717) is 17.8 Å². The zero-order valence-corrected chi connectivity index (χ0v) is 16.5. The monoisotopic (exact) mass is 356 g/mol. The van der Waals surface area contributed by atoms with Crippen LogP contribution in [0.3, 0.4) is 0 Å². The van der Waals surface area contributed by atoms with E-state index in [2.05, 4.69) is 26.0 Å². The summed E-state index contributed by atoms with van der Waals surface area (Å²) in [6.07, 6.45) is 14.7. The Hall–Kier alpha value is -1.25. The molecular formula is C23H32O3. The summed E-state index contributed by atoms with van der Waals surface area (Å²) in [5, 5.41) is 0. The third kappa shape index (κ3) is 1.98. The highest BCUT2D eigenvalue weighted by Gasteiger charge is 2.66. The summed E-state index contributed by atoms with van der Waals surface area (Å²) in [5.41, 5.74) is 1.85. The van der Waals surface area contributed by atoms with Gasteiger partial charge in [-0.15, -0.1) is 0 Å². The van der Waals surface area contributed by atoms with Gasteiger partial charge in [-0.05, 0) is 79.8 Å². The Morgan fingerprint density at radius 1 is 1.08 bits per heavy atom. The molecule has 3 heteroatoms. The van der Waals surface area contributed by atoms with Crippen molar-refractivity contribution in [3.05, 3.63) is 23.5 Å². The molecule has 4 aliphatic carbocycles. The van der Waals surface area contributed by atoms with Crippen molar-refractivity contribution in [3.63, 3.8) is 0 Å². The summed E-state index contributed by atoms with van der Waals surface area (Å²) in [7, 11) is 1.80. The van der Waals surface area contributed by atoms with Crippen LogP contribution < -0.4 is 0 Å². The number of carbonyl (C=O) groups is 1. The minimum Gasteiger partial charge on any atom is -0.501 e. The van der Waals surface area contributed by atoms with Crippen molar-refractivity contribution >= 4 is 5.97 Å². The lowest BCUT2D eigenvalue weighted by Gasteiger charge is -2.58. The minimum absolute atomic E-state index is 0.0382. The molecule has 2 saturated carbocycles. The highest BCUT2D eigenvalue weighted by atomic mass is 16.6. The van der Waals surface area contributed by atoms with Gasteiger partial charge in [-0.3, -0.25) is 4.79 Å². The second-order valence-electron chi connectivity index (χ2n) is 9.97. The smallest absolute Gasteiger partial charge is 0.306 e. The fourth-order valence-electron chi connectivity index (χ4n) is 7.76. The number of fused-ring (bicyclic) bond motifs is 6. The van der Waals surface area contributed by atoms with E-state index in [9.17, 15) is 4.79 Å². The molecule has 142 valence electrons. The van der Waals surface area contributed by atoms with E-state index in [4.69, 9.17) is 9.47 Å². The number of carbonyl (C=O) groups excluding carboxylic acids is 1. The second-order valence-corrected chi connectivity index (χ2v) is 9.97. The zero-order chi connectivity index (χ0) is 18.2. The number of rotatable bonds is 1. The topological polar surface area (TPSA) is 35.5 Å². The van der Waals surface area contributed by atoms with Crippen molar-refractivity contribution in [2.24, 2.45) is 28.6 Å². The van der Waals surface area contributed by atoms with E-state index >= 15 is 0 Å². The molecule has 0 unspecified atom stereocenters. The summed E-state index contributed by atoms with van der Waals surface area (Å²) in [4.78, 5) is 12.0. The van der Waals surface area contributed by atoms with Gasteiger partial charge in [-0.1, -0.05) is 19.9 Å². The summed E-state index contributed by atoms with van der Waals surface area (Å²) >= 11 is 0. The minimum atomic E-state index is -0.152. The molecule has 0 aromatic rings. The maximum absolute atomic E-state index is 12.0. The third-order valence-electron chi connectivity index (χ3n) is 9.33. The van der Waals surface area contributed by atoms with Gasteiger partial charge in [0.05, 0.1) is 12.9 Å². The van der Waals surface area contributed by atoms with Crippen molar-refractivity contribution in [2.75, 3.05) is 7.11 Å². The number of allylic oxidation sites excluding steroid dienone is 4. The van der Waals surface area contributed by atoms with Crippen LogP contribution in [0.1, 0.15) is 71.6 Å². The van der Waals surface area contributed by atoms with Crippen LogP contribution >= 0.6 is 0 Å². The van der Waals surface area contributed by atoms with Crippen molar-refractivity contribution in [3.8, 4) is 0 Å². The van der Waals surface area contributed by atoms with E-state index < -0.39 is 0 Å². The van der Waals surface area contributed by atoms with Crippen LogP contribution in [0.15, 0.2) is 23.5 Å². The van der Waals surface area contributed by atoms with Gasteiger partial charge in [0.25, 0.3) is 0 Å². The van der Waals surface area contributed by atoms with E-state index in [0.717, 1.165) is 36.9 Å². The Balaban J connectivity index is 1.49. The van der Waals surface area contributed by atoms with E-state index in [-0.39, 0.29) is 17.0 Å². The normalized spacial score (nSPS) is 49.7. The number of hydrogen-bond acceptors (Lipinski definition) is 3. The van der Waals surface area contributed by atoms with Crippen molar-refractivity contribution in [1.29, 1.82) is 0 Å². The fraction of sp³-hybridized carbons (Fsp3) is 0.783. The average Bonchev–Trinajstić information content (AvgIpc) is 3.15. The predicted octanol–water partition coefficient (Wildman–Crippen LogP) is 5.17. The van der Waals surface area contributed by atoms with Gasteiger partial charge in [-0.2, -0.15) is 0 Å². The molecule has 1 spiro atoms. The molecule has 6 atom stereocenters. The second kappa shape index (κ2) is 5.39. The molecule has 26 heavy (non-hydrogen) atoms. The summed E-state index contributed by atoms with van der Waals surface area (Å²) in [5.74, 6) is 3.40. The zero-order valence-electron chi connectivity index (χ0n) is 16.5. The van der Waals surface area contributed by atoms with Crippen LogP contribution in [-0.2, 0) is 14.3 Å². The molecule has 5 rings (SSSR count). The maximum Gasteiger partial charge on any atom is 0.306 e. The van der Waals surface area contributed by atoms with Crippen LogP contribution in [0.4, 0.5) is 0 Å². The molecule has 0 aromatic heterocycles. The van der Waals surface area contributed by atoms with Crippen molar-refractivity contribution < 1.29 is 14.3 Å². The average molecular weight is 357 g/mol. The fourth-order valence-corrected chi connectivity index (χ4v) is 7.76. The third-order valence-corrected chi connectivity index (χ3v) is 9.33. The SMILES string of the molecule is COC1=CC2=CC[C@H]3[C@H]4CC[C@@]5(CCC(=O)O5)[C@]4(C)CC[C@@H]3[C@]2(C)CC1. The lowest BCUT2D eigenvalue weighted by Crippen LogP contribution is -2.54. The predicted molar refractivity (Wildman–Crippen MR) is 100 cm³/mol. The largest absolute Gasteiger partial charge is 0.501 e. The van der Waals surface area contributed by atoms with Crippen LogP contribution in [0.2, 0.25) is 0 Å².